The topological polar surface area (TPSA) is 63.2 Å². The normalized spacial score (nSPS) is 14.1. The van der Waals surface area contributed by atoms with Crippen molar-refractivity contribution in [3.05, 3.63) is 40.4 Å². The summed E-state index contributed by atoms with van der Waals surface area (Å²) in [6.45, 7) is 1.86. The van der Waals surface area contributed by atoms with Crippen LogP contribution >= 0.6 is 23.1 Å². The molecule has 0 aliphatic carbocycles. The van der Waals surface area contributed by atoms with E-state index in [1.165, 1.54) is 28.0 Å². The van der Waals surface area contributed by atoms with E-state index < -0.39 is 0 Å². The number of carbonyl (C=O) groups is 2. The number of benzene rings is 1. The third-order valence-electron chi connectivity index (χ3n) is 2.70. The number of thioether (sulfide) groups is 1. The van der Waals surface area contributed by atoms with Crippen LogP contribution in [0.2, 0.25) is 0 Å². The Morgan fingerprint density at radius 1 is 1.16 bits per heavy atom. The van der Waals surface area contributed by atoms with E-state index in [1.54, 1.807) is 24.3 Å². The number of fused-ring (bicyclic) bond motifs is 1. The van der Waals surface area contributed by atoms with Crippen molar-refractivity contribution in [3.63, 3.8) is 0 Å². The molecule has 2 heterocycles. The second-order valence-electron chi connectivity index (χ2n) is 3.94. The summed E-state index contributed by atoms with van der Waals surface area (Å²) in [6, 6.07) is 6.87. The van der Waals surface area contributed by atoms with Crippen LogP contribution in [0, 0.1) is 6.92 Å². The molecule has 0 spiro atoms. The zero-order chi connectivity index (χ0) is 13.4. The first-order valence-corrected chi connectivity index (χ1v) is 7.35. The van der Waals surface area contributed by atoms with Gasteiger partial charge in [0.25, 0.3) is 11.8 Å². The number of aromatic nitrogens is 2. The summed E-state index contributed by atoms with van der Waals surface area (Å²) in [7, 11) is 0. The van der Waals surface area contributed by atoms with Gasteiger partial charge in [-0.25, -0.2) is 0 Å². The van der Waals surface area contributed by atoms with Crippen molar-refractivity contribution >= 4 is 34.9 Å². The molecule has 19 heavy (non-hydrogen) atoms. The highest BCUT2D eigenvalue weighted by atomic mass is 32.2. The molecule has 0 fully saturated rings. The van der Waals surface area contributed by atoms with Crippen LogP contribution in [0.4, 0.5) is 0 Å². The Labute approximate surface area is 117 Å². The Bertz CT molecular complexity index is 633. The van der Waals surface area contributed by atoms with Crippen molar-refractivity contribution in [2.24, 2.45) is 0 Å². The summed E-state index contributed by atoms with van der Waals surface area (Å²) in [5.74, 6) is -0.218. The summed E-state index contributed by atoms with van der Waals surface area (Å²) in [5, 5.41) is 8.72. The third-order valence-corrected chi connectivity index (χ3v) is 4.66. The van der Waals surface area contributed by atoms with Gasteiger partial charge in [0.2, 0.25) is 0 Å². The maximum absolute atomic E-state index is 12.1. The number of nitrogens with zero attached hydrogens (tertiary/aromatic N) is 3. The third kappa shape index (κ3) is 2.15. The van der Waals surface area contributed by atoms with Gasteiger partial charge in [0.05, 0.1) is 17.0 Å². The monoisotopic (exact) mass is 291 g/mol. The van der Waals surface area contributed by atoms with E-state index >= 15 is 0 Å². The van der Waals surface area contributed by atoms with Gasteiger partial charge in [-0.3, -0.25) is 14.5 Å². The number of rotatable bonds is 3. The van der Waals surface area contributed by atoms with Crippen molar-refractivity contribution in [3.8, 4) is 0 Å². The average molecular weight is 291 g/mol. The number of hydrogen-bond acceptors (Lipinski definition) is 6. The van der Waals surface area contributed by atoms with Crippen LogP contribution in [0.1, 0.15) is 25.7 Å². The van der Waals surface area contributed by atoms with Crippen LogP contribution in [-0.2, 0) is 0 Å². The summed E-state index contributed by atoms with van der Waals surface area (Å²) in [5.41, 5.74) is 0.947. The number of amides is 2. The molecule has 0 atom stereocenters. The molecule has 1 aliphatic rings. The first-order valence-electron chi connectivity index (χ1n) is 5.55. The summed E-state index contributed by atoms with van der Waals surface area (Å²) in [6.07, 6.45) is 0. The minimum absolute atomic E-state index is 0.241. The Balaban J connectivity index is 1.77. The summed E-state index contributed by atoms with van der Waals surface area (Å²) < 4.78 is 0.758. The van der Waals surface area contributed by atoms with Crippen LogP contribution in [-0.4, -0.2) is 32.8 Å². The van der Waals surface area contributed by atoms with Crippen molar-refractivity contribution < 1.29 is 9.59 Å². The van der Waals surface area contributed by atoms with Gasteiger partial charge in [-0.1, -0.05) is 35.2 Å². The molecule has 3 rings (SSSR count). The van der Waals surface area contributed by atoms with E-state index in [2.05, 4.69) is 10.2 Å². The number of aryl methyl sites for hydroxylation is 1. The molecule has 0 unspecified atom stereocenters. The second kappa shape index (κ2) is 4.75. The van der Waals surface area contributed by atoms with Gasteiger partial charge in [0.15, 0.2) is 4.34 Å². The molecule has 0 saturated carbocycles. The minimum atomic E-state index is -0.241. The maximum Gasteiger partial charge on any atom is 0.262 e. The fraction of sp³-hybridized carbons (Fsp3) is 0.167. The average Bonchev–Trinajstić information content (AvgIpc) is 2.93. The molecule has 1 aliphatic heterocycles. The lowest BCUT2D eigenvalue weighted by atomic mass is 10.1. The van der Waals surface area contributed by atoms with Crippen LogP contribution in [0.25, 0.3) is 0 Å². The molecule has 96 valence electrons. The lowest BCUT2D eigenvalue weighted by Crippen LogP contribution is -2.29. The predicted octanol–water partition coefficient (Wildman–Crippen LogP) is 2.19. The Kier molecular flexibility index (Phi) is 3.08. The number of carbonyl (C=O) groups excluding carboxylic acids is 2. The zero-order valence-corrected chi connectivity index (χ0v) is 11.6. The quantitative estimate of drug-likeness (QED) is 0.641. The summed E-state index contributed by atoms with van der Waals surface area (Å²) >= 11 is 2.79. The smallest absolute Gasteiger partial charge is 0.262 e. The Morgan fingerprint density at radius 3 is 2.32 bits per heavy atom. The van der Waals surface area contributed by atoms with Gasteiger partial charge >= 0.3 is 0 Å². The van der Waals surface area contributed by atoms with E-state index in [0.29, 0.717) is 11.1 Å². The molecule has 1 aromatic heterocycles. The van der Waals surface area contributed by atoms with Crippen molar-refractivity contribution in [2.45, 2.75) is 11.3 Å². The van der Waals surface area contributed by atoms with E-state index in [0.717, 1.165) is 9.35 Å². The van der Waals surface area contributed by atoms with E-state index in [-0.39, 0.29) is 17.7 Å². The lowest BCUT2D eigenvalue weighted by Gasteiger charge is -2.11. The van der Waals surface area contributed by atoms with Gasteiger partial charge < -0.3 is 0 Å². The minimum Gasteiger partial charge on any atom is -0.269 e. The molecule has 0 N–H and O–H groups in total. The van der Waals surface area contributed by atoms with E-state index in [1.807, 2.05) is 6.92 Å². The fourth-order valence-corrected chi connectivity index (χ4v) is 3.56. The molecule has 0 radical (unpaired) electrons. The van der Waals surface area contributed by atoms with Crippen molar-refractivity contribution in [1.29, 1.82) is 0 Å². The van der Waals surface area contributed by atoms with E-state index in [4.69, 9.17) is 0 Å². The molecule has 2 amide bonds. The van der Waals surface area contributed by atoms with Crippen LogP contribution in [0.5, 0.6) is 0 Å². The van der Waals surface area contributed by atoms with Gasteiger partial charge in [-0.2, -0.15) is 0 Å². The van der Waals surface area contributed by atoms with Crippen molar-refractivity contribution in [1.82, 2.24) is 15.1 Å². The van der Waals surface area contributed by atoms with E-state index in [9.17, 15) is 9.59 Å². The SMILES string of the molecule is Cc1nnc(SCN2C(=O)c3ccccc3C2=O)s1. The first-order chi connectivity index (χ1) is 9.16. The summed E-state index contributed by atoms with van der Waals surface area (Å²) in [4.78, 5) is 25.4. The predicted molar refractivity (Wildman–Crippen MR) is 72.3 cm³/mol. The largest absolute Gasteiger partial charge is 0.269 e. The molecular weight excluding hydrogens is 282 g/mol. The molecule has 7 heteroatoms. The molecule has 0 saturated heterocycles. The molecule has 0 bridgehead atoms. The van der Waals surface area contributed by atoms with Gasteiger partial charge in [-0.05, 0) is 19.1 Å². The van der Waals surface area contributed by atoms with Gasteiger partial charge in [-0.15, -0.1) is 10.2 Å². The van der Waals surface area contributed by atoms with Gasteiger partial charge in [0, 0.05) is 0 Å². The van der Waals surface area contributed by atoms with Crippen molar-refractivity contribution in [2.75, 3.05) is 5.88 Å². The number of hydrogen-bond donors (Lipinski definition) is 0. The van der Waals surface area contributed by atoms with Crippen LogP contribution in [0.3, 0.4) is 0 Å². The highest BCUT2D eigenvalue weighted by Gasteiger charge is 2.35. The highest BCUT2D eigenvalue weighted by molar-refractivity contribution is 8.01. The maximum atomic E-state index is 12.1. The zero-order valence-electron chi connectivity index (χ0n) is 9.99. The lowest BCUT2D eigenvalue weighted by molar-refractivity contribution is 0.0684. The molecular formula is C12H9N3O2S2. The molecule has 1 aromatic carbocycles. The first kappa shape index (κ1) is 12.3. The van der Waals surface area contributed by atoms with Gasteiger partial charge in [0.1, 0.15) is 5.01 Å². The van der Waals surface area contributed by atoms with Crippen LogP contribution in [0.15, 0.2) is 28.6 Å². The molecule has 2 aromatic rings. The Hall–Kier alpha value is -1.73. The standard InChI is InChI=1S/C12H9N3O2S2/c1-7-13-14-12(19-7)18-6-15-10(16)8-4-2-3-5-9(8)11(15)17/h2-5H,6H2,1H3. The fourth-order valence-electron chi connectivity index (χ4n) is 1.81. The Morgan fingerprint density at radius 2 is 1.79 bits per heavy atom. The number of imide groups is 1. The molecule has 5 nitrogen and oxygen atoms in total. The second-order valence-corrected chi connectivity index (χ2v) is 6.32. The highest BCUT2D eigenvalue weighted by Crippen LogP contribution is 2.28. The van der Waals surface area contributed by atoms with Crippen LogP contribution < -0.4 is 0 Å².